The Labute approximate surface area is 158 Å². The molecule has 1 atom stereocenters. The van der Waals surface area contributed by atoms with Crippen molar-refractivity contribution in [1.82, 2.24) is 5.32 Å². The molecular weight excluding hydrogens is 344 g/mol. The average Bonchev–Trinajstić information content (AvgIpc) is 2.63. The van der Waals surface area contributed by atoms with Crippen LogP contribution in [0.3, 0.4) is 0 Å². The highest BCUT2D eigenvalue weighted by Gasteiger charge is 2.19. The van der Waals surface area contributed by atoms with Gasteiger partial charge in [-0.1, -0.05) is 48.0 Å². The third-order valence-electron chi connectivity index (χ3n) is 3.95. The Morgan fingerprint density at radius 2 is 1.74 bits per heavy atom. The summed E-state index contributed by atoms with van der Waals surface area (Å²) in [7, 11) is 0. The standard InChI is InChI=1S/C21H24N2O4/c1-14-9-10-18(15(2)11-14)23-21(26)16(3)27-20(25)13-22-19(24)12-17-7-5-4-6-8-17/h4-11,16H,12-13H2,1-3H3,(H,22,24)(H,23,26). The topological polar surface area (TPSA) is 84.5 Å². The van der Waals surface area contributed by atoms with Gasteiger partial charge in [0.25, 0.3) is 5.91 Å². The molecule has 0 bridgehead atoms. The molecule has 0 aromatic heterocycles. The van der Waals surface area contributed by atoms with Crippen LogP contribution >= 0.6 is 0 Å². The molecule has 2 aromatic rings. The molecule has 6 nitrogen and oxygen atoms in total. The lowest BCUT2D eigenvalue weighted by molar-refractivity contribution is -0.152. The van der Waals surface area contributed by atoms with Crippen molar-refractivity contribution in [3.05, 3.63) is 65.2 Å². The third-order valence-corrected chi connectivity index (χ3v) is 3.95. The number of hydrogen-bond acceptors (Lipinski definition) is 4. The molecule has 0 aliphatic rings. The number of ether oxygens (including phenoxy) is 1. The van der Waals surface area contributed by atoms with E-state index >= 15 is 0 Å². The third kappa shape index (κ3) is 6.58. The summed E-state index contributed by atoms with van der Waals surface area (Å²) in [6.07, 6.45) is -0.791. The first-order valence-electron chi connectivity index (χ1n) is 8.73. The van der Waals surface area contributed by atoms with E-state index in [9.17, 15) is 14.4 Å². The Hall–Kier alpha value is -3.15. The number of amides is 2. The number of benzene rings is 2. The van der Waals surface area contributed by atoms with E-state index < -0.39 is 18.0 Å². The number of carbonyl (C=O) groups is 3. The fraction of sp³-hybridized carbons (Fsp3) is 0.286. The van der Waals surface area contributed by atoms with Crippen molar-refractivity contribution in [1.29, 1.82) is 0 Å². The number of nitrogens with one attached hydrogen (secondary N) is 2. The normalized spacial score (nSPS) is 11.4. The van der Waals surface area contributed by atoms with Gasteiger partial charge in [0.2, 0.25) is 5.91 Å². The largest absolute Gasteiger partial charge is 0.451 e. The Morgan fingerprint density at radius 1 is 1.04 bits per heavy atom. The molecule has 0 fully saturated rings. The summed E-state index contributed by atoms with van der Waals surface area (Å²) < 4.78 is 5.08. The lowest BCUT2D eigenvalue weighted by atomic mass is 10.1. The van der Waals surface area contributed by atoms with Gasteiger partial charge in [-0.3, -0.25) is 14.4 Å². The molecule has 2 aromatic carbocycles. The molecule has 0 saturated heterocycles. The lowest BCUT2D eigenvalue weighted by Gasteiger charge is -2.15. The molecule has 0 heterocycles. The van der Waals surface area contributed by atoms with E-state index in [1.807, 2.05) is 56.3 Å². The monoisotopic (exact) mass is 368 g/mol. The van der Waals surface area contributed by atoms with Crippen LogP contribution in [0.5, 0.6) is 0 Å². The van der Waals surface area contributed by atoms with Crippen LogP contribution in [0.25, 0.3) is 0 Å². The first-order chi connectivity index (χ1) is 12.8. The Bertz CT molecular complexity index is 818. The van der Waals surface area contributed by atoms with Crippen molar-refractivity contribution in [2.75, 3.05) is 11.9 Å². The summed E-state index contributed by atoms with van der Waals surface area (Å²) in [6.45, 7) is 5.06. The van der Waals surface area contributed by atoms with Gasteiger partial charge in [0.15, 0.2) is 6.10 Å². The quantitative estimate of drug-likeness (QED) is 0.736. The van der Waals surface area contributed by atoms with Crippen molar-refractivity contribution in [3.63, 3.8) is 0 Å². The highest BCUT2D eigenvalue weighted by molar-refractivity contribution is 5.96. The van der Waals surface area contributed by atoms with Crippen LogP contribution in [-0.4, -0.2) is 30.4 Å². The van der Waals surface area contributed by atoms with E-state index in [2.05, 4.69) is 10.6 Å². The molecule has 27 heavy (non-hydrogen) atoms. The molecule has 0 radical (unpaired) electrons. The maximum atomic E-state index is 12.2. The highest BCUT2D eigenvalue weighted by atomic mass is 16.5. The van der Waals surface area contributed by atoms with Crippen LogP contribution in [-0.2, 0) is 25.5 Å². The fourth-order valence-corrected chi connectivity index (χ4v) is 2.50. The molecule has 0 aliphatic carbocycles. The van der Waals surface area contributed by atoms with E-state index in [-0.39, 0.29) is 18.9 Å². The second-order valence-corrected chi connectivity index (χ2v) is 6.38. The van der Waals surface area contributed by atoms with Crippen LogP contribution in [0.4, 0.5) is 5.69 Å². The SMILES string of the molecule is Cc1ccc(NC(=O)C(C)OC(=O)CNC(=O)Cc2ccccc2)c(C)c1. The average molecular weight is 368 g/mol. The first kappa shape index (κ1) is 20.2. The molecule has 2 N–H and O–H groups in total. The zero-order chi connectivity index (χ0) is 19.8. The Morgan fingerprint density at radius 3 is 2.41 bits per heavy atom. The summed E-state index contributed by atoms with van der Waals surface area (Å²) in [4.78, 5) is 35.9. The number of rotatable bonds is 7. The zero-order valence-electron chi connectivity index (χ0n) is 15.7. The molecule has 1 unspecified atom stereocenters. The van der Waals surface area contributed by atoms with Gasteiger partial charge >= 0.3 is 5.97 Å². The number of esters is 1. The van der Waals surface area contributed by atoms with Crippen molar-refractivity contribution in [2.24, 2.45) is 0 Å². The van der Waals surface area contributed by atoms with Crippen LogP contribution < -0.4 is 10.6 Å². The Kier molecular flexibility index (Phi) is 7.11. The van der Waals surface area contributed by atoms with Crippen molar-refractivity contribution in [2.45, 2.75) is 33.3 Å². The Balaban J connectivity index is 1.77. The van der Waals surface area contributed by atoms with Gasteiger partial charge in [-0.2, -0.15) is 0 Å². The maximum Gasteiger partial charge on any atom is 0.326 e. The minimum atomic E-state index is -0.968. The molecule has 0 spiro atoms. The van der Waals surface area contributed by atoms with Crippen LogP contribution in [0.2, 0.25) is 0 Å². The van der Waals surface area contributed by atoms with E-state index in [4.69, 9.17) is 4.74 Å². The van der Waals surface area contributed by atoms with Crippen molar-refractivity contribution >= 4 is 23.5 Å². The number of aryl methyl sites for hydroxylation is 2. The smallest absolute Gasteiger partial charge is 0.326 e. The minimum Gasteiger partial charge on any atom is -0.451 e. The van der Waals surface area contributed by atoms with E-state index in [1.165, 1.54) is 6.92 Å². The summed E-state index contributed by atoms with van der Waals surface area (Å²) in [5, 5.41) is 5.23. The first-order valence-corrected chi connectivity index (χ1v) is 8.73. The second kappa shape index (κ2) is 9.52. The fourth-order valence-electron chi connectivity index (χ4n) is 2.50. The highest BCUT2D eigenvalue weighted by Crippen LogP contribution is 2.16. The molecule has 6 heteroatoms. The van der Waals surface area contributed by atoms with Gasteiger partial charge in [0, 0.05) is 5.69 Å². The van der Waals surface area contributed by atoms with Crippen LogP contribution in [0.15, 0.2) is 48.5 Å². The van der Waals surface area contributed by atoms with Crippen LogP contribution in [0, 0.1) is 13.8 Å². The summed E-state index contributed by atoms with van der Waals surface area (Å²) in [6, 6.07) is 14.9. The molecule has 2 rings (SSSR count). The predicted octanol–water partition coefficient (Wildman–Crippen LogP) is 2.53. The van der Waals surface area contributed by atoms with E-state index in [1.54, 1.807) is 6.07 Å². The van der Waals surface area contributed by atoms with E-state index in [0.29, 0.717) is 5.69 Å². The van der Waals surface area contributed by atoms with Gasteiger partial charge in [0.05, 0.1) is 6.42 Å². The van der Waals surface area contributed by atoms with Gasteiger partial charge in [0.1, 0.15) is 6.54 Å². The minimum absolute atomic E-state index is 0.177. The molecule has 142 valence electrons. The van der Waals surface area contributed by atoms with Gasteiger partial charge in [-0.15, -0.1) is 0 Å². The lowest BCUT2D eigenvalue weighted by Crippen LogP contribution is -2.36. The summed E-state index contributed by atoms with van der Waals surface area (Å²) in [5.41, 5.74) is 3.54. The maximum absolute atomic E-state index is 12.2. The summed E-state index contributed by atoms with van der Waals surface area (Å²) >= 11 is 0. The number of anilines is 1. The van der Waals surface area contributed by atoms with Crippen molar-refractivity contribution in [3.8, 4) is 0 Å². The zero-order valence-corrected chi connectivity index (χ0v) is 15.7. The van der Waals surface area contributed by atoms with Gasteiger partial charge in [-0.05, 0) is 38.0 Å². The molecule has 2 amide bonds. The van der Waals surface area contributed by atoms with E-state index in [0.717, 1.165) is 16.7 Å². The molecule has 0 saturated carbocycles. The summed E-state index contributed by atoms with van der Waals surface area (Å²) in [5.74, 6) is -1.38. The van der Waals surface area contributed by atoms with Crippen molar-refractivity contribution < 1.29 is 19.1 Å². The number of carbonyl (C=O) groups excluding carboxylic acids is 3. The number of hydrogen-bond donors (Lipinski definition) is 2. The van der Waals surface area contributed by atoms with Gasteiger partial charge in [-0.25, -0.2) is 0 Å². The van der Waals surface area contributed by atoms with Crippen LogP contribution in [0.1, 0.15) is 23.6 Å². The predicted molar refractivity (Wildman–Crippen MR) is 103 cm³/mol. The van der Waals surface area contributed by atoms with Gasteiger partial charge < -0.3 is 15.4 Å². The molecular formula is C21H24N2O4. The second-order valence-electron chi connectivity index (χ2n) is 6.38. The molecule has 0 aliphatic heterocycles.